The molecule has 1 aromatic carbocycles. The molecule has 0 aliphatic rings. The second-order valence-corrected chi connectivity index (χ2v) is 5.15. The Morgan fingerprint density at radius 1 is 1.19 bits per heavy atom. The molecule has 4 heteroatoms. The molecule has 0 saturated carbocycles. The highest BCUT2D eigenvalue weighted by atomic mass is 19.1. The summed E-state index contributed by atoms with van der Waals surface area (Å²) in [5, 5.41) is 3.38. The van der Waals surface area contributed by atoms with Crippen LogP contribution in [0.5, 0.6) is 0 Å². The highest BCUT2D eigenvalue weighted by Crippen LogP contribution is 2.20. The van der Waals surface area contributed by atoms with Crippen LogP contribution in [0.2, 0.25) is 0 Å². The van der Waals surface area contributed by atoms with Crippen LogP contribution in [0.3, 0.4) is 0 Å². The minimum atomic E-state index is -0.553. The van der Waals surface area contributed by atoms with Crippen molar-refractivity contribution < 1.29 is 8.78 Å². The molecule has 0 amide bonds. The van der Waals surface area contributed by atoms with Gasteiger partial charge in [-0.3, -0.25) is 4.98 Å². The van der Waals surface area contributed by atoms with Gasteiger partial charge in [-0.25, -0.2) is 8.78 Å². The smallest absolute Gasteiger partial charge is 0.129 e. The van der Waals surface area contributed by atoms with E-state index in [-0.39, 0.29) is 6.04 Å². The van der Waals surface area contributed by atoms with Gasteiger partial charge < -0.3 is 5.32 Å². The first kappa shape index (κ1) is 15.6. The Bertz CT molecular complexity index is 599. The fourth-order valence-corrected chi connectivity index (χ4v) is 2.27. The van der Waals surface area contributed by atoms with Crippen molar-refractivity contribution in [3.05, 3.63) is 65.0 Å². The number of benzene rings is 1. The van der Waals surface area contributed by atoms with Crippen molar-refractivity contribution in [2.45, 2.75) is 32.7 Å². The van der Waals surface area contributed by atoms with E-state index in [1.165, 1.54) is 12.1 Å². The topological polar surface area (TPSA) is 24.9 Å². The van der Waals surface area contributed by atoms with Gasteiger partial charge in [0.2, 0.25) is 0 Å². The van der Waals surface area contributed by atoms with E-state index in [2.05, 4.69) is 17.2 Å². The minimum Gasteiger partial charge on any atom is -0.308 e. The molecular formula is C17H20F2N2. The average molecular weight is 290 g/mol. The highest BCUT2D eigenvalue weighted by molar-refractivity contribution is 5.22. The largest absolute Gasteiger partial charge is 0.308 e. The Labute approximate surface area is 124 Å². The van der Waals surface area contributed by atoms with E-state index in [0.29, 0.717) is 12.0 Å². The van der Waals surface area contributed by atoms with Gasteiger partial charge >= 0.3 is 0 Å². The Morgan fingerprint density at radius 3 is 2.67 bits per heavy atom. The number of halogens is 2. The summed E-state index contributed by atoms with van der Waals surface area (Å²) in [5.41, 5.74) is 2.30. The predicted octanol–water partition coefficient (Wildman–Crippen LogP) is 3.95. The molecule has 1 aromatic heterocycles. The third-order valence-electron chi connectivity index (χ3n) is 3.35. The van der Waals surface area contributed by atoms with E-state index in [0.717, 1.165) is 30.4 Å². The maximum Gasteiger partial charge on any atom is 0.129 e. The summed E-state index contributed by atoms with van der Waals surface area (Å²) < 4.78 is 26.8. The Balaban J connectivity index is 2.23. The van der Waals surface area contributed by atoms with Crippen LogP contribution in [0, 0.1) is 18.6 Å². The number of aryl methyl sites for hydroxylation is 1. The lowest BCUT2D eigenvalue weighted by Crippen LogP contribution is -2.25. The summed E-state index contributed by atoms with van der Waals surface area (Å²) in [7, 11) is 0. The zero-order valence-corrected chi connectivity index (χ0v) is 12.4. The van der Waals surface area contributed by atoms with Gasteiger partial charge in [0.15, 0.2) is 0 Å². The third-order valence-corrected chi connectivity index (χ3v) is 3.35. The van der Waals surface area contributed by atoms with Crippen molar-refractivity contribution in [3.63, 3.8) is 0 Å². The van der Waals surface area contributed by atoms with Crippen LogP contribution in [-0.4, -0.2) is 11.5 Å². The van der Waals surface area contributed by atoms with Gasteiger partial charge in [-0.2, -0.15) is 0 Å². The lowest BCUT2D eigenvalue weighted by molar-refractivity contribution is 0.499. The molecule has 112 valence electrons. The molecule has 0 aliphatic carbocycles. The normalized spacial score (nSPS) is 12.4. The summed E-state index contributed by atoms with van der Waals surface area (Å²) in [6.45, 7) is 4.83. The van der Waals surface area contributed by atoms with E-state index < -0.39 is 11.6 Å². The standard InChI is InChI=1S/C17H20F2N2/c1-3-9-20-17(16-6-4-5-12(2)21-16)10-13-7-8-14(18)11-15(13)19/h4-8,11,17,20H,3,9-10H2,1-2H3. The molecule has 1 unspecified atom stereocenters. The lowest BCUT2D eigenvalue weighted by Gasteiger charge is -2.19. The maximum absolute atomic E-state index is 13.8. The van der Waals surface area contributed by atoms with Crippen LogP contribution in [0.25, 0.3) is 0 Å². The van der Waals surface area contributed by atoms with Crippen LogP contribution < -0.4 is 5.32 Å². The van der Waals surface area contributed by atoms with Crippen molar-refractivity contribution in [2.75, 3.05) is 6.54 Å². The Kier molecular flexibility index (Phi) is 5.39. The van der Waals surface area contributed by atoms with Gasteiger partial charge in [0.05, 0.1) is 11.7 Å². The lowest BCUT2D eigenvalue weighted by atomic mass is 10.0. The van der Waals surface area contributed by atoms with Gasteiger partial charge in [-0.1, -0.05) is 19.1 Å². The van der Waals surface area contributed by atoms with Crippen molar-refractivity contribution in [1.29, 1.82) is 0 Å². The molecule has 0 saturated heterocycles. The number of pyridine rings is 1. The molecule has 0 fully saturated rings. The molecule has 21 heavy (non-hydrogen) atoms. The van der Waals surface area contributed by atoms with Crippen molar-refractivity contribution >= 4 is 0 Å². The van der Waals surface area contributed by atoms with E-state index in [9.17, 15) is 8.78 Å². The van der Waals surface area contributed by atoms with Gasteiger partial charge in [0.25, 0.3) is 0 Å². The third kappa shape index (κ3) is 4.33. The van der Waals surface area contributed by atoms with Gasteiger partial charge in [0, 0.05) is 11.8 Å². The van der Waals surface area contributed by atoms with Crippen molar-refractivity contribution in [3.8, 4) is 0 Å². The summed E-state index contributed by atoms with van der Waals surface area (Å²) in [6, 6.07) is 9.44. The zero-order chi connectivity index (χ0) is 15.2. The molecule has 0 bridgehead atoms. The first-order chi connectivity index (χ1) is 10.1. The number of hydrogen-bond acceptors (Lipinski definition) is 2. The molecule has 2 aromatic rings. The van der Waals surface area contributed by atoms with Crippen LogP contribution >= 0.6 is 0 Å². The number of rotatable bonds is 6. The van der Waals surface area contributed by atoms with E-state index >= 15 is 0 Å². The number of nitrogens with one attached hydrogen (secondary N) is 1. The zero-order valence-electron chi connectivity index (χ0n) is 12.4. The first-order valence-electron chi connectivity index (χ1n) is 7.21. The highest BCUT2D eigenvalue weighted by Gasteiger charge is 2.15. The summed E-state index contributed by atoms with van der Waals surface area (Å²) in [5.74, 6) is -1.06. The van der Waals surface area contributed by atoms with E-state index in [4.69, 9.17) is 0 Å². The molecule has 1 atom stereocenters. The minimum absolute atomic E-state index is 0.0789. The summed E-state index contributed by atoms with van der Waals surface area (Å²) >= 11 is 0. The second-order valence-electron chi connectivity index (χ2n) is 5.15. The van der Waals surface area contributed by atoms with Gasteiger partial charge in [-0.05, 0) is 50.1 Å². The van der Waals surface area contributed by atoms with Crippen LogP contribution in [0.15, 0.2) is 36.4 Å². The maximum atomic E-state index is 13.8. The van der Waals surface area contributed by atoms with Crippen LogP contribution in [0.1, 0.15) is 36.3 Å². The van der Waals surface area contributed by atoms with Crippen molar-refractivity contribution in [2.24, 2.45) is 0 Å². The summed E-state index contributed by atoms with van der Waals surface area (Å²) in [6.07, 6.45) is 1.43. The fourth-order valence-electron chi connectivity index (χ4n) is 2.27. The quantitative estimate of drug-likeness (QED) is 0.871. The first-order valence-corrected chi connectivity index (χ1v) is 7.21. The Hall–Kier alpha value is -1.81. The van der Waals surface area contributed by atoms with E-state index in [1.54, 1.807) is 0 Å². The van der Waals surface area contributed by atoms with Crippen molar-refractivity contribution in [1.82, 2.24) is 10.3 Å². The molecule has 0 spiro atoms. The molecule has 0 aliphatic heterocycles. The molecular weight excluding hydrogens is 270 g/mol. The molecule has 0 radical (unpaired) electrons. The average Bonchev–Trinajstić information content (AvgIpc) is 2.45. The predicted molar refractivity (Wildman–Crippen MR) is 80.1 cm³/mol. The van der Waals surface area contributed by atoms with Crippen LogP contribution in [-0.2, 0) is 6.42 Å². The number of aromatic nitrogens is 1. The SMILES string of the molecule is CCCNC(Cc1ccc(F)cc1F)c1cccc(C)n1. The number of nitrogens with zero attached hydrogens (tertiary/aromatic N) is 1. The molecule has 1 heterocycles. The number of hydrogen-bond donors (Lipinski definition) is 1. The second kappa shape index (κ2) is 7.27. The monoisotopic (exact) mass is 290 g/mol. The summed E-state index contributed by atoms with van der Waals surface area (Å²) in [4.78, 5) is 4.51. The van der Waals surface area contributed by atoms with Gasteiger partial charge in [0.1, 0.15) is 11.6 Å². The molecule has 2 nitrogen and oxygen atoms in total. The van der Waals surface area contributed by atoms with Gasteiger partial charge in [-0.15, -0.1) is 0 Å². The molecule has 1 N–H and O–H groups in total. The van der Waals surface area contributed by atoms with Crippen LogP contribution in [0.4, 0.5) is 8.78 Å². The van der Waals surface area contributed by atoms with E-state index in [1.807, 2.05) is 25.1 Å². The molecule has 2 rings (SSSR count). The fraction of sp³-hybridized carbons (Fsp3) is 0.353. The Morgan fingerprint density at radius 2 is 2.00 bits per heavy atom.